The lowest BCUT2D eigenvalue weighted by molar-refractivity contribution is -0.137. The van der Waals surface area contributed by atoms with Gasteiger partial charge in [-0.3, -0.25) is 4.68 Å². The van der Waals surface area contributed by atoms with Gasteiger partial charge in [0.15, 0.2) is 0 Å². The van der Waals surface area contributed by atoms with E-state index < -0.39 is 47.5 Å². The number of sulfonamides is 1. The number of carbonyl (C=O) groups is 1. The molecule has 3 aromatic rings. The monoisotopic (exact) mass is 506 g/mol. The summed E-state index contributed by atoms with van der Waals surface area (Å²) >= 11 is 6.05. The molecule has 0 saturated carbocycles. The molecule has 180 valence electrons. The Hall–Kier alpha value is -2.73. The zero-order chi connectivity index (χ0) is 24.4. The van der Waals surface area contributed by atoms with Crippen molar-refractivity contribution in [2.75, 3.05) is 12.4 Å². The van der Waals surface area contributed by atoms with E-state index in [1.165, 1.54) is 0 Å². The quantitative estimate of drug-likeness (QED) is 0.460. The summed E-state index contributed by atoms with van der Waals surface area (Å²) in [6.45, 7) is 1.20. The molecule has 0 spiro atoms. The van der Waals surface area contributed by atoms with Gasteiger partial charge in [-0.15, -0.1) is 0 Å². The van der Waals surface area contributed by atoms with E-state index in [1.807, 2.05) is 29.0 Å². The summed E-state index contributed by atoms with van der Waals surface area (Å²) < 4.78 is 70.8. The fourth-order valence-corrected chi connectivity index (χ4v) is 4.53. The van der Waals surface area contributed by atoms with Gasteiger partial charge < -0.3 is 9.30 Å². The van der Waals surface area contributed by atoms with Gasteiger partial charge in [-0.05, 0) is 44.0 Å². The standard InChI is InChI=1S/C20H22ClF3N4O4S/c1-13-16(7-11-33(30,31)26-19(29)32-10-3-8-20(22,23)24)18(27(2)25-13)28-9-6-14-12-15(21)4-5-17(14)28/h4-6,9,12H,3,7-8,10-11H2,1-2H3,(H,26,29). The minimum Gasteiger partial charge on any atom is -0.449 e. The normalized spacial score (nSPS) is 12.3. The first-order valence-electron chi connectivity index (χ1n) is 9.90. The Labute approximate surface area is 193 Å². The van der Waals surface area contributed by atoms with Gasteiger partial charge in [0.2, 0.25) is 10.0 Å². The lowest BCUT2D eigenvalue weighted by Gasteiger charge is -2.11. The van der Waals surface area contributed by atoms with Crippen LogP contribution < -0.4 is 4.72 Å². The van der Waals surface area contributed by atoms with Crippen molar-refractivity contribution in [3.8, 4) is 5.82 Å². The van der Waals surface area contributed by atoms with Crippen LogP contribution in [0.1, 0.15) is 24.1 Å². The van der Waals surface area contributed by atoms with Gasteiger partial charge in [-0.1, -0.05) is 11.6 Å². The molecule has 0 radical (unpaired) electrons. The van der Waals surface area contributed by atoms with E-state index in [9.17, 15) is 26.4 Å². The molecular formula is C20H22ClF3N4O4S. The number of carbonyl (C=O) groups excluding carboxylic acids is 1. The number of amides is 1. The summed E-state index contributed by atoms with van der Waals surface area (Å²) in [5, 5.41) is 5.88. The molecule has 2 heterocycles. The number of hydrogen-bond acceptors (Lipinski definition) is 5. The minimum absolute atomic E-state index is 0.0406. The van der Waals surface area contributed by atoms with Gasteiger partial charge in [0.05, 0.1) is 23.6 Å². The maximum Gasteiger partial charge on any atom is 0.420 e. The van der Waals surface area contributed by atoms with Crippen LogP contribution in [0.25, 0.3) is 16.7 Å². The molecule has 2 aromatic heterocycles. The molecule has 1 N–H and O–H groups in total. The summed E-state index contributed by atoms with van der Waals surface area (Å²) in [5.41, 5.74) is 2.13. The second-order valence-electron chi connectivity index (χ2n) is 7.43. The summed E-state index contributed by atoms with van der Waals surface area (Å²) in [4.78, 5) is 11.7. The number of nitrogens with one attached hydrogen (secondary N) is 1. The number of benzene rings is 1. The number of aryl methyl sites for hydroxylation is 2. The highest BCUT2D eigenvalue weighted by atomic mass is 35.5. The molecule has 0 bridgehead atoms. The summed E-state index contributed by atoms with van der Waals surface area (Å²) in [6.07, 6.45) is -5.40. The third kappa shape index (κ3) is 6.41. The highest BCUT2D eigenvalue weighted by molar-refractivity contribution is 7.90. The molecule has 0 fully saturated rings. The Morgan fingerprint density at radius 1 is 1.27 bits per heavy atom. The molecule has 8 nitrogen and oxygen atoms in total. The van der Waals surface area contributed by atoms with Crippen molar-refractivity contribution in [2.24, 2.45) is 7.05 Å². The van der Waals surface area contributed by atoms with Crippen LogP contribution in [-0.4, -0.2) is 47.4 Å². The lowest BCUT2D eigenvalue weighted by Crippen LogP contribution is -2.34. The highest BCUT2D eigenvalue weighted by Crippen LogP contribution is 2.27. The molecule has 3 rings (SSSR count). The van der Waals surface area contributed by atoms with Crippen LogP contribution in [-0.2, 0) is 28.2 Å². The van der Waals surface area contributed by atoms with E-state index in [0.717, 1.165) is 10.9 Å². The largest absolute Gasteiger partial charge is 0.449 e. The van der Waals surface area contributed by atoms with Crippen molar-refractivity contribution in [2.45, 2.75) is 32.4 Å². The van der Waals surface area contributed by atoms with Gasteiger partial charge in [0, 0.05) is 35.6 Å². The molecule has 1 aromatic carbocycles. The molecule has 33 heavy (non-hydrogen) atoms. The topological polar surface area (TPSA) is 95.2 Å². The van der Waals surface area contributed by atoms with Gasteiger partial charge in [0.25, 0.3) is 0 Å². The van der Waals surface area contributed by atoms with Crippen LogP contribution in [0, 0.1) is 6.92 Å². The molecule has 0 aliphatic carbocycles. The van der Waals surface area contributed by atoms with Gasteiger partial charge >= 0.3 is 12.3 Å². The van der Waals surface area contributed by atoms with Crippen LogP contribution in [0.3, 0.4) is 0 Å². The number of nitrogens with zero attached hydrogens (tertiary/aromatic N) is 3. The molecular weight excluding hydrogens is 485 g/mol. The Kier molecular flexibility index (Phi) is 7.27. The van der Waals surface area contributed by atoms with Crippen molar-refractivity contribution in [3.05, 3.63) is 46.7 Å². The van der Waals surface area contributed by atoms with E-state index in [2.05, 4.69) is 9.84 Å². The third-order valence-electron chi connectivity index (χ3n) is 4.89. The second kappa shape index (κ2) is 9.64. The summed E-state index contributed by atoms with van der Waals surface area (Å²) in [7, 11) is -2.36. The van der Waals surface area contributed by atoms with Crippen LogP contribution in [0.15, 0.2) is 30.5 Å². The third-order valence-corrected chi connectivity index (χ3v) is 6.35. The number of halogens is 4. The first-order chi connectivity index (χ1) is 15.4. The number of alkyl halides is 3. The predicted molar refractivity (Wildman–Crippen MR) is 117 cm³/mol. The number of rotatable bonds is 8. The SMILES string of the molecule is Cc1nn(C)c(-n2ccc3cc(Cl)ccc32)c1CCS(=O)(=O)NC(=O)OCCCC(F)(F)F. The average molecular weight is 507 g/mol. The average Bonchev–Trinajstić information content (AvgIpc) is 3.21. The molecule has 0 aliphatic rings. The van der Waals surface area contributed by atoms with Crippen molar-refractivity contribution in [1.82, 2.24) is 19.1 Å². The summed E-state index contributed by atoms with van der Waals surface area (Å²) in [6, 6.07) is 7.28. The lowest BCUT2D eigenvalue weighted by atomic mass is 10.2. The van der Waals surface area contributed by atoms with Gasteiger partial charge in [-0.2, -0.15) is 18.3 Å². The Morgan fingerprint density at radius 3 is 2.70 bits per heavy atom. The van der Waals surface area contributed by atoms with Crippen LogP contribution in [0.5, 0.6) is 0 Å². The first-order valence-corrected chi connectivity index (χ1v) is 11.9. The van der Waals surface area contributed by atoms with E-state index in [1.54, 1.807) is 29.4 Å². The van der Waals surface area contributed by atoms with Crippen LogP contribution >= 0.6 is 11.6 Å². The summed E-state index contributed by atoms with van der Waals surface area (Å²) in [5.74, 6) is 0.213. The second-order valence-corrected chi connectivity index (χ2v) is 9.70. The van der Waals surface area contributed by atoms with Crippen molar-refractivity contribution >= 4 is 38.6 Å². The Morgan fingerprint density at radius 2 is 2.00 bits per heavy atom. The zero-order valence-corrected chi connectivity index (χ0v) is 19.4. The van der Waals surface area contributed by atoms with E-state index in [0.29, 0.717) is 22.1 Å². The fraction of sp³-hybridized carbons (Fsp3) is 0.400. The zero-order valence-electron chi connectivity index (χ0n) is 17.8. The smallest absolute Gasteiger partial charge is 0.420 e. The van der Waals surface area contributed by atoms with Crippen LogP contribution in [0.2, 0.25) is 5.02 Å². The molecule has 1 amide bonds. The molecule has 0 atom stereocenters. The van der Waals surface area contributed by atoms with E-state index in [4.69, 9.17) is 11.6 Å². The maximum atomic E-state index is 12.3. The predicted octanol–water partition coefficient (Wildman–Crippen LogP) is 4.27. The van der Waals surface area contributed by atoms with Crippen LogP contribution in [0.4, 0.5) is 18.0 Å². The number of aromatic nitrogens is 3. The van der Waals surface area contributed by atoms with Gasteiger partial charge in [0.1, 0.15) is 5.82 Å². The number of hydrogen-bond donors (Lipinski definition) is 1. The Balaban J connectivity index is 1.69. The van der Waals surface area contributed by atoms with E-state index in [-0.39, 0.29) is 6.42 Å². The van der Waals surface area contributed by atoms with Gasteiger partial charge in [-0.25, -0.2) is 17.9 Å². The maximum absolute atomic E-state index is 12.3. The Bertz CT molecular complexity index is 1270. The van der Waals surface area contributed by atoms with E-state index >= 15 is 0 Å². The fourth-order valence-electron chi connectivity index (χ4n) is 3.46. The molecule has 0 unspecified atom stereocenters. The van der Waals surface area contributed by atoms with Crippen molar-refractivity contribution in [1.29, 1.82) is 0 Å². The first kappa shape index (κ1) is 24.9. The molecule has 0 saturated heterocycles. The molecule has 0 aliphatic heterocycles. The van der Waals surface area contributed by atoms with Crippen molar-refractivity contribution < 1.29 is 31.1 Å². The van der Waals surface area contributed by atoms with Crippen molar-refractivity contribution in [3.63, 3.8) is 0 Å². The molecule has 13 heteroatoms. The number of ether oxygens (including phenoxy) is 1. The number of fused-ring (bicyclic) bond motifs is 1. The minimum atomic E-state index is -4.37. The highest BCUT2D eigenvalue weighted by Gasteiger charge is 2.26.